The van der Waals surface area contributed by atoms with Gasteiger partial charge in [0.05, 0.1) is 12.2 Å². The van der Waals surface area contributed by atoms with Gasteiger partial charge in [-0.2, -0.15) is 5.26 Å². The fourth-order valence-electron chi connectivity index (χ4n) is 1.73. The number of nitriles is 1. The zero-order chi connectivity index (χ0) is 13.1. The molecular weight excluding hydrogens is 255 g/mol. The van der Waals surface area contributed by atoms with Crippen molar-refractivity contribution < 1.29 is 4.39 Å². The van der Waals surface area contributed by atoms with E-state index in [2.05, 4.69) is 10.3 Å². The Hall–Kier alpha value is -1.93. The lowest BCUT2D eigenvalue weighted by atomic mass is 10.2. The van der Waals surface area contributed by atoms with Gasteiger partial charge in [-0.15, -0.1) is 5.10 Å². The third-order valence-corrected chi connectivity index (χ3v) is 3.00. The number of halogens is 2. The van der Waals surface area contributed by atoms with Crippen LogP contribution in [0.25, 0.3) is 0 Å². The molecular formula is C12H10ClFN4. The van der Waals surface area contributed by atoms with E-state index in [0.717, 1.165) is 0 Å². The van der Waals surface area contributed by atoms with E-state index in [1.165, 1.54) is 10.7 Å². The molecule has 0 saturated carbocycles. The van der Waals surface area contributed by atoms with Crippen LogP contribution in [-0.4, -0.2) is 15.0 Å². The van der Waals surface area contributed by atoms with Crippen molar-refractivity contribution in [1.82, 2.24) is 15.0 Å². The minimum absolute atomic E-state index is 0.170. The monoisotopic (exact) mass is 264 g/mol. The van der Waals surface area contributed by atoms with Gasteiger partial charge in [-0.25, -0.2) is 9.07 Å². The molecule has 1 aromatic heterocycles. The van der Waals surface area contributed by atoms with Crippen LogP contribution in [0.2, 0.25) is 5.02 Å². The second-order valence-corrected chi connectivity index (χ2v) is 4.12. The maximum Gasteiger partial charge on any atom is 0.185 e. The van der Waals surface area contributed by atoms with Crippen molar-refractivity contribution in [3.8, 4) is 6.07 Å². The third kappa shape index (κ3) is 2.20. The first-order chi connectivity index (χ1) is 8.67. The van der Waals surface area contributed by atoms with Crippen LogP contribution in [0.1, 0.15) is 23.9 Å². The Balaban J connectivity index is 2.41. The molecule has 0 aliphatic heterocycles. The Labute approximate surface area is 109 Å². The SMILES string of the molecule is CCc1c(C#N)nnn1Cc1c(F)cccc1Cl. The Morgan fingerprint density at radius 2 is 2.28 bits per heavy atom. The van der Waals surface area contributed by atoms with Gasteiger partial charge in [0, 0.05) is 10.6 Å². The molecule has 4 nitrogen and oxygen atoms in total. The summed E-state index contributed by atoms with van der Waals surface area (Å²) in [5.74, 6) is -0.390. The lowest BCUT2D eigenvalue weighted by molar-refractivity contribution is 0.567. The normalized spacial score (nSPS) is 10.3. The highest BCUT2D eigenvalue weighted by atomic mass is 35.5. The van der Waals surface area contributed by atoms with Crippen LogP contribution >= 0.6 is 11.6 Å². The summed E-state index contributed by atoms with van der Waals surface area (Å²) in [6, 6.07) is 6.47. The standard InChI is InChI=1S/C12H10ClFN4/c1-2-12-11(6-15)16-17-18(12)7-8-9(13)4-3-5-10(8)14/h3-5H,2,7H2,1H3. The lowest BCUT2D eigenvalue weighted by Crippen LogP contribution is -2.08. The summed E-state index contributed by atoms with van der Waals surface area (Å²) in [4.78, 5) is 0. The largest absolute Gasteiger partial charge is 0.243 e. The molecule has 0 bridgehead atoms. The lowest BCUT2D eigenvalue weighted by Gasteiger charge is -2.07. The Bertz CT molecular complexity index is 595. The first-order valence-corrected chi connectivity index (χ1v) is 5.80. The van der Waals surface area contributed by atoms with Crippen LogP contribution in [0, 0.1) is 17.1 Å². The van der Waals surface area contributed by atoms with Crippen molar-refractivity contribution in [2.24, 2.45) is 0 Å². The molecule has 1 aromatic carbocycles. The molecule has 92 valence electrons. The summed E-state index contributed by atoms with van der Waals surface area (Å²) in [7, 11) is 0. The van der Waals surface area contributed by atoms with E-state index in [1.54, 1.807) is 12.1 Å². The van der Waals surface area contributed by atoms with Gasteiger partial charge in [0.2, 0.25) is 0 Å². The molecule has 0 saturated heterocycles. The van der Waals surface area contributed by atoms with Crippen molar-refractivity contribution in [1.29, 1.82) is 5.26 Å². The highest BCUT2D eigenvalue weighted by Gasteiger charge is 2.14. The van der Waals surface area contributed by atoms with Crippen molar-refractivity contribution in [3.63, 3.8) is 0 Å². The van der Waals surface area contributed by atoms with Crippen molar-refractivity contribution in [2.45, 2.75) is 19.9 Å². The van der Waals surface area contributed by atoms with Crippen LogP contribution in [0.3, 0.4) is 0 Å². The van der Waals surface area contributed by atoms with Gasteiger partial charge in [-0.1, -0.05) is 29.8 Å². The first-order valence-electron chi connectivity index (χ1n) is 5.42. The summed E-state index contributed by atoms with van der Waals surface area (Å²) in [5, 5.41) is 16.8. The van der Waals surface area contributed by atoms with Gasteiger partial charge in [0.15, 0.2) is 5.69 Å². The number of nitrogens with zero attached hydrogens (tertiary/aromatic N) is 4. The maximum atomic E-state index is 13.6. The van der Waals surface area contributed by atoms with E-state index in [4.69, 9.17) is 16.9 Å². The fourth-order valence-corrected chi connectivity index (χ4v) is 1.95. The number of hydrogen-bond acceptors (Lipinski definition) is 3. The van der Waals surface area contributed by atoms with E-state index in [0.29, 0.717) is 22.7 Å². The van der Waals surface area contributed by atoms with E-state index >= 15 is 0 Å². The highest BCUT2D eigenvalue weighted by Crippen LogP contribution is 2.20. The number of hydrogen-bond donors (Lipinski definition) is 0. The minimum atomic E-state index is -0.390. The van der Waals surface area contributed by atoms with Gasteiger partial charge < -0.3 is 0 Å². The number of aromatic nitrogens is 3. The second-order valence-electron chi connectivity index (χ2n) is 3.71. The first kappa shape index (κ1) is 12.5. The Morgan fingerprint density at radius 1 is 1.50 bits per heavy atom. The van der Waals surface area contributed by atoms with Crippen LogP contribution < -0.4 is 0 Å². The van der Waals surface area contributed by atoms with E-state index in [9.17, 15) is 4.39 Å². The molecule has 2 aromatic rings. The van der Waals surface area contributed by atoms with Crippen LogP contribution in [-0.2, 0) is 13.0 Å². The number of benzene rings is 1. The molecule has 0 N–H and O–H groups in total. The Morgan fingerprint density at radius 3 is 2.89 bits per heavy atom. The molecule has 0 unspecified atom stereocenters. The van der Waals surface area contributed by atoms with E-state index in [-0.39, 0.29) is 12.2 Å². The molecule has 6 heteroatoms. The molecule has 0 aliphatic rings. The van der Waals surface area contributed by atoms with Crippen LogP contribution in [0.15, 0.2) is 18.2 Å². The summed E-state index contributed by atoms with van der Waals surface area (Å²) in [6.07, 6.45) is 0.599. The van der Waals surface area contributed by atoms with Gasteiger partial charge in [0.1, 0.15) is 11.9 Å². The predicted molar refractivity (Wildman–Crippen MR) is 64.6 cm³/mol. The average Bonchev–Trinajstić information content (AvgIpc) is 2.75. The summed E-state index contributed by atoms with van der Waals surface area (Å²) < 4.78 is 15.2. The average molecular weight is 265 g/mol. The van der Waals surface area contributed by atoms with Gasteiger partial charge in [-0.3, -0.25) is 0 Å². The van der Waals surface area contributed by atoms with Crippen molar-refractivity contribution in [3.05, 3.63) is 46.0 Å². The maximum absolute atomic E-state index is 13.6. The molecule has 0 atom stereocenters. The molecule has 1 heterocycles. The topological polar surface area (TPSA) is 54.5 Å². The molecule has 2 rings (SSSR count). The van der Waals surface area contributed by atoms with E-state index in [1.807, 2.05) is 13.0 Å². The quantitative estimate of drug-likeness (QED) is 0.856. The predicted octanol–water partition coefficient (Wildman–Crippen LogP) is 2.55. The summed E-state index contributed by atoms with van der Waals surface area (Å²) in [6.45, 7) is 2.06. The molecule has 18 heavy (non-hydrogen) atoms. The molecule has 0 aliphatic carbocycles. The minimum Gasteiger partial charge on any atom is -0.243 e. The van der Waals surface area contributed by atoms with Crippen molar-refractivity contribution in [2.75, 3.05) is 0 Å². The third-order valence-electron chi connectivity index (χ3n) is 2.65. The van der Waals surface area contributed by atoms with Gasteiger partial charge in [-0.05, 0) is 18.6 Å². The molecule has 0 radical (unpaired) electrons. The molecule has 0 amide bonds. The fraction of sp³-hybridized carbons (Fsp3) is 0.250. The van der Waals surface area contributed by atoms with Gasteiger partial charge >= 0.3 is 0 Å². The van der Waals surface area contributed by atoms with Crippen LogP contribution in [0.5, 0.6) is 0 Å². The van der Waals surface area contributed by atoms with E-state index < -0.39 is 5.82 Å². The van der Waals surface area contributed by atoms with Crippen molar-refractivity contribution >= 4 is 11.6 Å². The zero-order valence-electron chi connectivity index (χ0n) is 9.69. The summed E-state index contributed by atoms with van der Waals surface area (Å²) in [5.41, 5.74) is 1.30. The Kier molecular flexibility index (Phi) is 3.58. The summed E-state index contributed by atoms with van der Waals surface area (Å²) >= 11 is 5.95. The number of rotatable bonds is 3. The molecule has 0 spiro atoms. The second kappa shape index (κ2) is 5.15. The zero-order valence-corrected chi connectivity index (χ0v) is 10.4. The van der Waals surface area contributed by atoms with Crippen LogP contribution in [0.4, 0.5) is 4.39 Å². The van der Waals surface area contributed by atoms with Gasteiger partial charge in [0.25, 0.3) is 0 Å². The molecule has 0 fully saturated rings. The highest BCUT2D eigenvalue weighted by molar-refractivity contribution is 6.31. The smallest absolute Gasteiger partial charge is 0.185 e.